The van der Waals surface area contributed by atoms with E-state index in [9.17, 15) is 19.5 Å². The lowest BCUT2D eigenvalue weighted by molar-refractivity contribution is -0.111. The maximum atomic E-state index is 12.7. The number of benzene rings is 1. The monoisotopic (exact) mass is 367 g/mol. The molecule has 0 saturated heterocycles. The molecule has 0 fully saturated rings. The van der Waals surface area contributed by atoms with Crippen LogP contribution in [0.15, 0.2) is 47.8 Å². The fourth-order valence-corrected chi connectivity index (χ4v) is 3.33. The van der Waals surface area contributed by atoms with Gasteiger partial charge in [-0.15, -0.1) is 0 Å². The van der Waals surface area contributed by atoms with E-state index in [1.807, 2.05) is 0 Å². The van der Waals surface area contributed by atoms with E-state index in [1.54, 1.807) is 17.7 Å². The molecule has 1 aromatic heterocycles. The van der Waals surface area contributed by atoms with Crippen LogP contribution in [0.3, 0.4) is 0 Å². The van der Waals surface area contributed by atoms with Crippen molar-refractivity contribution < 1.29 is 14.7 Å². The van der Waals surface area contributed by atoms with Crippen molar-refractivity contribution in [3.63, 3.8) is 0 Å². The smallest absolute Gasteiger partial charge is 0.255 e. The number of phenols is 1. The Bertz CT molecular complexity index is 978. The molecule has 0 bridgehead atoms. The first kappa shape index (κ1) is 18.4. The number of aromatic hydroxyl groups is 1. The van der Waals surface area contributed by atoms with Crippen LogP contribution in [0.5, 0.6) is 5.75 Å². The highest BCUT2D eigenvalue weighted by Crippen LogP contribution is 2.30. The molecule has 2 aromatic rings. The number of phenolic OH excluding ortho intramolecular Hbond substituents is 1. The number of pyridine rings is 1. The Morgan fingerprint density at radius 1 is 1.30 bits per heavy atom. The van der Waals surface area contributed by atoms with Gasteiger partial charge in [-0.2, -0.15) is 0 Å². The second-order valence-corrected chi connectivity index (χ2v) is 6.48. The van der Waals surface area contributed by atoms with Crippen LogP contribution in [-0.4, -0.2) is 21.5 Å². The van der Waals surface area contributed by atoms with E-state index < -0.39 is 11.8 Å². The first-order valence-electron chi connectivity index (χ1n) is 8.67. The number of rotatable bonds is 4. The van der Waals surface area contributed by atoms with Crippen LogP contribution in [0.2, 0.25) is 0 Å². The number of fused-ring (bicyclic) bond motifs is 1. The zero-order valence-electron chi connectivity index (χ0n) is 15.0. The number of carbonyl (C=O) groups excluding carboxylic acids is 2. The third kappa shape index (κ3) is 3.76. The Morgan fingerprint density at radius 3 is 2.81 bits per heavy atom. The number of aromatic nitrogens is 1. The third-order valence-corrected chi connectivity index (χ3v) is 4.76. The number of hydrogen-bond acceptors (Lipinski definition) is 4. The first-order valence-corrected chi connectivity index (χ1v) is 8.67. The fourth-order valence-electron chi connectivity index (χ4n) is 3.33. The zero-order valence-corrected chi connectivity index (χ0v) is 15.0. The molecule has 140 valence electrons. The molecule has 1 aromatic carbocycles. The minimum Gasteiger partial charge on any atom is -0.507 e. The molecule has 1 heterocycles. The summed E-state index contributed by atoms with van der Waals surface area (Å²) >= 11 is 0. The van der Waals surface area contributed by atoms with Crippen molar-refractivity contribution >= 4 is 17.5 Å². The van der Waals surface area contributed by atoms with Crippen LogP contribution in [0.4, 0.5) is 5.69 Å². The quantitative estimate of drug-likeness (QED) is 0.568. The molecule has 0 saturated carbocycles. The highest BCUT2D eigenvalue weighted by atomic mass is 16.3. The minimum atomic E-state index is -0.450. The molecule has 7 nitrogen and oxygen atoms in total. The second kappa shape index (κ2) is 7.49. The largest absolute Gasteiger partial charge is 0.507 e. The van der Waals surface area contributed by atoms with Gasteiger partial charge in [0.2, 0.25) is 11.5 Å². The summed E-state index contributed by atoms with van der Waals surface area (Å²) in [5, 5.41) is 15.5. The number of carbonyl (C=O) groups is 2. The molecule has 7 heteroatoms. The van der Waals surface area contributed by atoms with Gasteiger partial charge in [0, 0.05) is 24.5 Å². The number of nitrogens with one attached hydrogen (secondary N) is 2. The summed E-state index contributed by atoms with van der Waals surface area (Å²) in [6.45, 7) is 3.38. The molecule has 1 atom stereocenters. The SMILES string of the molecule is C=CC(=O)Nc1ccc(O)c(C(=O)NC2CCCc3c2ccc(=O)n3C)c1. The van der Waals surface area contributed by atoms with Gasteiger partial charge in [-0.25, -0.2) is 0 Å². The molecule has 1 aliphatic carbocycles. The Balaban J connectivity index is 1.86. The van der Waals surface area contributed by atoms with Gasteiger partial charge in [0.25, 0.3) is 5.91 Å². The van der Waals surface area contributed by atoms with Crippen LogP contribution in [0.1, 0.15) is 40.5 Å². The van der Waals surface area contributed by atoms with E-state index in [1.165, 1.54) is 24.3 Å². The van der Waals surface area contributed by atoms with Gasteiger partial charge in [0.15, 0.2) is 0 Å². The maximum Gasteiger partial charge on any atom is 0.255 e. The topological polar surface area (TPSA) is 100 Å². The predicted molar refractivity (Wildman–Crippen MR) is 102 cm³/mol. The van der Waals surface area contributed by atoms with Crippen LogP contribution in [-0.2, 0) is 18.3 Å². The summed E-state index contributed by atoms with van der Waals surface area (Å²) < 4.78 is 1.61. The van der Waals surface area contributed by atoms with Crippen LogP contribution < -0.4 is 16.2 Å². The normalized spacial score (nSPS) is 15.5. The number of anilines is 1. The van der Waals surface area contributed by atoms with E-state index in [2.05, 4.69) is 17.2 Å². The molecule has 27 heavy (non-hydrogen) atoms. The molecule has 0 aliphatic heterocycles. The lowest BCUT2D eigenvalue weighted by Crippen LogP contribution is -2.34. The summed E-state index contributed by atoms with van der Waals surface area (Å²) in [4.78, 5) is 36.0. The van der Waals surface area contributed by atoms with Gasteiger partial charge in [-0.05, 0) is 55.2 Å². The van der Waals surface area contributed by atoms with Gasteiger partial charge in [-0.1, -0.05) is 6.58 Å². The molecule has 1 unspecified atom stereocenters. The summed E-state index contributed by atoms with van der Waals surface area (Å²) in [5.41, 5.74) is 2.19. The van der Waals surface area contributed by atoms with Crippen molar-refractivity contribution in [3.8, 4) is 5.75 Å². The van der Waals surface area contributed by atoms with E-state index >= 15 is 0 Å². The van der Waals surface area contributed by atoms with Crippen molar-refractivity contribution in [2.75, 3.05) is 5.32 Å². The third-order valence-electron chi connectivity index (χ3n) is 4.76. The molecule has 2 amide bonds. The van der Waals surface area contributed by atoms with Crippen molar-refractivity contribution in [2.45, 2.75) is 25.3 Å². The van der Waals surface area contributed by atoms with Gasteiger partial charge in [-0.3, -0.25) is 14.4 Å². The number of nitrogens with zero attached hydrogens (tertiary/aromatic N) is 1. The molecule has 0 radical (unpaired) electrons. The summed E-state index contributed by atoms with van der Waals surface area (Å²) in [7, 11) is 1.73. The molecule has 0 spiro atoms. The van der Waals surface area contributed by atoms with Gasteiger partial charge >= 0.3 is 0 Å². The van der Waals surface area contributed by atoms with E-state index in [0.29, 0.717) is 5.69 Å². The molecule has 3 N–H and O–H groups in total. The number of hydrogen-bond donors (Lipinski definition) is 3. The van der Waals surface area contributed by atoms with Crippen LogP contribution in [0.25, 0.3) is 0 Å². The van der Waals surface area contributed by atoms with Gasteiger partial charge < -0.3 is 20.3 Å². The molecular weight excluding hydrogens is 346 g/mol. The standard InChI is InChI=1S/C20H21N3O4/c1-3-18(25)21-12-7-9-17(24)14(11-12)20(27)22-15-5-4-6-16-13(15)8-10-19(26)23(16)2/h3,7-11,15,24H,1,4-6H2,2H3,(H,21,25)(H,22,27). The van der Waals surface area contributed by atoms with E-state index in [0.717, 1.165) is 36.6 Å². The van der Waals surface area contributed by atoms with Crippen molar-refractivity contribution in [2.24, 2.45) is 7.05 Å². The highest BCUT2D eigenvalue weighted by Gasteiger charge is 2.25. The van der Waals surface area contributed by atoms with Crippen LogP contribution >= 0.6 is 0 Å². The lowest BCUT2D eigenvalue weighted by Gasteiger charge is -2.27. The lowest BCUT2D eigenvalue weighted by atomic mass is 9.90. The van der Waals surface area contributed by atoms with E-state index in [-0.39, 0.29) is 22.9 Å². The zero-order chi connectivity index (χ0) is 19.6. The molecule has 3 rings (SSSR count). The van der Waals surface area contributed by atoms with E-state index in [4.69, 9.17) is 0 Å². The Hall–Kier alpha value is -3.35. The number of amides is 2. The average Bonchev–Trinajstić information content (AvgIpc) is 2.66. The van der Waals surface area contributed by atoms with Crippen molar-refractivity contribution in [1.29, 1.82) is 0 Å². The second-order valence-electron chi connectivity index (χ2n) is 6.48. The Kier molecular flexibility index (Phi) is 5.12. The summed E-state index contributed by atoms with van der Waals surface area (Å²) in [6.07, 6.45) is 3.49. The highest BCUT2D eigenvalue weighted by molar-refractivity contribution is 6.02. The predicted octanol–water partition coefficient (Wildman–Crippen LogP) is 2.02. The summed E-state index contributed by atoms with van der Waals surface area (Å²) in [6, 6.07) is 7.26. The maximum absolute atomic E-state index is 12.7. The molecule has 1 aliphatic rings. The Labute approximate surface area is 156 Å². The minimum absolute atomic E-state index is 0.0637. The Morgan fingerprint density at radius 2 is 2.07 bits per heavy atom. The first-order chi connectivity index (χ1) is 12.9. The van der Waals surface area contributed by atoms with Crippen molar-refractivity contribution in [1.82, 2.24) is 9.88 Å². The molecular formula is C20H21N3O4. The average molecular weight is 367 g/mol. The summed E-state index contributed by atoms with van der Waals surface area (Å²) in [5.74, 6) is -1.04. The van der Waals surface area contributed by atoms with Gasteiger partial charge in [0.05, 0.1) is 11.6 Å². The fraction of sp³-hybridized carbons (Fsp3) is 0.250. The van der Waals surface area contributed by atoms with Crippen LogP contribution in [0, 0.1) is 0 Å². The van der Waals surface area contributed by atoms with Gasteiger partial charge in [0.1, 0.15) is 5.75 Å². The van der Waals surface area contributed by atoms with Crippen molar-refractivity contribution in [3.05, 3.63) is 70.2 Å².